The fourth-order valence-electron chi connectivity index (χ4n) is 2.67. The maximum Gasteiger partial charge on any atom is 0.410 e. The van der Waals surface area contributed by atoms with Crippen molar-refractivity contribution in [3.8, 4) is 6.07 Å². The van der Waals surface area contributed by atoms with Crippen molar-refractivity contribution in [3.05, 3.63) is 0 Å². The topological polar surface area (TPSA) is 53.3 Å². The molecule has 1 heterocycles. The lowest BCUT2D eigenvalue weighted by atomic mass is 9.73. The summed E-state index contributed by atoms with van der Waals surface area (Å²) in [6.07, 6.45) is 1.55. The average Bonchev–Trinajstić information content (AvgIpc) is 2.25. The molecule has 1 aliphatic rings. The number of carbonyl (C=O) groups excluding carboxylic acids is 1. The Labute approximate surface area is 123 Å². The molecule has 0 spiro atoms. The lowest BCUT2D eigenvalue weighted by molar-refractivity contribution is -0.0232. The molecule has 0 saturated carbocycles. The van der Waals surface area contributed by atoms with Gasteiger partial charge in [0.1, 0.15) is 5.60 Å². The number of carbonyl (C=O) groups is 1. The Kier molecular flexibility index (Phi) is 4.43. The van der Waals surface area contributed by atoms with E-state index in [0.29, 0.717) is 6.54 Å². The maximum atomic E-state index is 12.5. The molecule has 0 radical (unpaired) electrons. The Hall–Kier alpha value is -1.24. The van der Waals surface area contributed by atoms with Gasteiger partial charge in [0.25, 0.3) is 0 Å². The Morgan fingerprint density at radius 3 is 2.30 bits per heavy atom. The summed E-state index contributed by atoms with van der Waals surface area (Å²) in [5.41, 5.74) is -1.01. The number of nitriles is 1. The van der Waals surface area contributed by atoms with E-state index in [9.17, 15) is 10.1 Å². The first-order valence-corrected chi connectivity index (χ1v) is 7.29. The van der Waals surface area contributed by atoms with Crippen molar-refractivity contribution in [2.75, 3.05) is 6.54 Å². The SMILES string of the molecule is CC1(C)CCC(C(C)(C)C#N)N(C(=O)OC(C)(C)C)C1. The van der Waals surface area contributed by atoms with E-state index in [2.05, 4.69) is 19.9 Å². The van der Waals surface area contributed by atoms with Gasteiger partial charge in [0, 0.05) is 6.54 Å². The zero-order valence-corrected chi connectivity index (χ0v) is 13.9. The number of ether oxygens (including phenoxy) is 1. The Morgan fingerprint density at radius 2 is 1.85 bits per heavy atom. The van der Waals surface area contributed by atoms with Gasteiger partial charge in [0.2, 0.25) is 0 Å². The van der Waals surface area contributed by atoms with E-state index in [4.69, 9.17) is 4.74 Å². The van der Waals surface area contributed by atoms with Crippen LogP contribution in [0.4, 0.5) is 4.79 Å². The minimum atomic E-state index is -0.562. The van der Waals surface area contributed by atoms with Crippen molar-refractivity contribution >= 4 is 6.09 Å². The van der Waals surface area contributed by atoms with Gasteiger partial charge in [-0.2, -0.15) is 5.26 Å². The van der Waals surface area contributed by atoms with E-state index in [-0.39, 0.29) is 17.6 Å². The minimum Gasteiger partial charge on any atom is -0.444 e. The quantitative estimate of drug-likeness (QED) is 0.730. The van der Waals surface area contributed by atoms with Crippen molar-refractivity contribution in [1.82, 2.24) is 4.90 Å². The van der Waals surface area contributed by atoms with Crippen LogP contribution in [0.2, 0.25) is 0 Å². The fourth-order valence-corrected chi connectivity index (χ4v) is 2.67. The van der Waals surface area contributed by atoms with E-state index in [1.165, 1.54) is 0 Å². The number of hydrogen-bond acceptors (Lipinski definition) is 3. The Balaban J connectivity index is 3.00. The second kappa shape index (κ2) is 5.27. The summed E-state index contributed by atoms with van der Waals surface area (Å²) in [7, 11) is 0. The molecule has 1 rings (SSSR count). The zero-order valence-electron chi connectivity index (χ0n) is 13.9. The second-order valence-corrected chi connectivity index (χ2v) is 8.16. The van der Waals surface area contributed by atoms with Crippen molar-refractivity contribution in [2.24, 2.45) is 10.8 Å². The number of likely N-dealkylation sites (tertiary alicyclic amines) is 1. The van der Waals surface area contributed by atoms with Gasteiger partial charge in [0.15, 0.2) is 0 Å². The predicted molar refractivity (Wildman–Crippen MR) is 79.1 cm³/mol. The molecule has 0 aromatic heterocycles. The first-order valence-electron chi connectivity index (χ1n) is 7.29. The van der Waals surface area contributed by atoms with Gasteiger partial charge < -0.3 is 9.64 Å². The molecule has 0 aromatic rings. The monoisotopic (exact) mass is 280 g/mol. The standard InChI is InChI=1S/C16H28N2O2/c1-14(2,3)20-13(19)18-11-15(4,5)9-8-12(18)16(6,7)10-17/h12H,8-9,11H2,1-7H3. The molecular formula is C16H28N2O2. The molecule has 114 valence electrons. The normalized spacial score (nSPS) is 23.1. The lowest BCUT2D eigenvalue weighted by Crippen LogP contribution is -2.56. The van der Waals surface area contributed by atoms with E-state index in [0.717, 1.165) is 12.8 Å². The average molecular weight is 280 g/mol. The Bertz CT molecular complexity index is 413. The molecule has 4 heteroatoms. The molecule has 0 N–H and O–H groups in total. The van der Waals surface area contributed by atoms with Crippen LogP contribution in [0.5, 0.6) is 0 Å². The molecule has 1 atom stereocenters. The summed E-state index contributed by atoms with van der Waals surface area (Å²) >= 11 is 0. The van der Waals surface area contributed by atoms with Gasteiger partial charge in [-0.15, -0.1) is 0 Å². The van der Waals surface area contributed by atoms with Crippen LogP contribution in [-0.4, -0.2) is 29.2 Å². The van der Waals surface area contributed by atoms with Crippen LogP contribution in [-0.2, 0) is 4.74 Å². The van der Waals surface area contributed by atoms with E-state index >= 15 is 0 Å². The first-order chi connectivity index (χ1) is 8.88. The summed E-state index contributed by atoms with van der Waals surface area (Å²) in [4.78, 5) is 14.2. The van der Waals surface area contributed by atoms with Gasteiger partial charge in [-0.05, 0) is 52.9 Å². The predicted octanol–water partition coefficient (Wildman–Crippen LogP) is 3.96. The third-order valence-corrected chi connectivity index (χ3v) is 3.82. The Morgan fingerprint density at radius 1 is 1.30 bits per heavy atom. The zero-order chi connectivity index (χ0) is 15.8. The summed E-state index contributed by atoms with van der Waals surface area (Å²) in [5.74, 6) is 0. The molecule has 1 aliphatic heterocycles. The van der Waals surface area contributed by atoms with Gasteiger partial charge >= 0.3 is 6.09 Å². The molecule has 4 nitrogen and oxygen atoms in total. The van der Waals surface area contributed by atoms with Crippen LogP contribution in [0.15, 0.2) is 0 Å². The smallest absolute Gasteiger partial charge is 0.410 e. The number of amides is 1. The number of piperidine rings is 1. The molecule has 20 heavy (non-hydrogen) atoms. The van der Waals surface area contributed by atoms with Crippen molar-refractivity contribution < 1.29 is 9.53 Å². The molecule has 1 saturated heterocycles. The maximum absolute atomic E-state index is 12.5. The molecule has 1 amide bonds. The number of nitrogens with zero attached hydrogens (tertiary/aromatic N) is 2. The summed E-state index contributed by atoms with van der Waals surface area (Å²) < 4.78 is 5.52. The highest BCUT2D eigenvalue weighted by atomic mass is 16.6. The van der Waals surface area contributed by atoms with Gasteiger partial charge in [0.05, 0.1) is 17.5 Å². The highest BCUT2D eigenvalue weighted by Gasteiger charge is 2.44. The summed E-state index contributed by atoms with van der Waals surface area (Å²) in [6, 6.07) is 2.25. The van der Waals surface area contributed by atoms with Gasteiger partial charge in [-0.1, -0.05) is 13.8 Å². The van der Waals surface area contributed by atoms with Gasteiger partial charge in [-0.3, -0.25) is 0 Å². The second-order valence-electron chi connectivity index (χ2n) is 8.16. The van der Waals surface area contributed by atoms with Crippen LogP contribution in [0.3, 0.4) is 0 Å². The highest BCUT2D eigenvalue weighted by molar-refractivity contribution is 5.69. The molecule has 0 aliphatic carbocycles. The molecule has 1 unspecified atom stereocenters. The van der Waals surface area contributed by atoms with Gasteiger partial charge in [-0.25, -0.2) is 4.79 Å². The third-order valence-electron chi connectivity index (χ3n) is 3.82. The van der Waals surface area contributed by atoms with Crippen molar-refractivity contribution in [3.63, 3.8) is 0 Å². The van der Waals surface area contributed by atoms with Crippen LogP contribution in [0.1, 0.15) is 61.3 Å². The van der Waals surface area contributed by atoms with Crippen LogP contribution < -0.4 is 0 Å². The molecule has 1 fully saturated rings. The lowest BCUT2D eigenvalue weighted by Gasteiger charge is -2.47. The largest absolute Gasteiger partial charge is 0.444 e. The highest BCUT2D eigenvalue weighted by Crippen LogP contribution is 2.39. The van der Waals surface area contributed by atoms with Crippen LogP contribution >= 0.6 is 0 Å². The third kappa shape index (κ3) is 4.13. The van der Waals surface area contributed by atoms with Crippen molar-refractivity contribution in [1.29, 1.82) is 5.26 Å². The fraction of sp³-hybridized carbons (Fsp3) is 0.875. The van der Waals surface area contributed by atoms with Crippen LogP contribution in [0, 0.1) is 22.2 Å². The number of hydrogen-bond donors (Lipinski definition) is 0. The summed E-state index contributed by atoms with van der Waals surface area (Å²) in [5, 5.41) is 9.38. The van der Waals surface area contributed by atoms with Crippen molar-refractivity contribution in [2.45, 2.75) is 73.0 Å². The molecule has 0 bridgehead atoms. The summed E-state index contributed by atoms with van der Waals surface area (Å²) in [6.45, 7) is 14.3. The van der Waals surface area contributed by atoms with E-state index in [1.54, 1.807) is 4.90 Å². The van der Waals surface area contributed by atoms with E-state index < -0.39 is 11.0 Å². The van der Waals surface area contributed by atoms with Crippen LogP contribution in [0.25, 0.3) is 0 Å². The first kappa shape index (κ1) is 16.8. The van der Waals surface area contributed by atoms with E-state index in [1.807, 2.05) is 34.6 Å². The molecule has 0 aromatic carbocycles. The minimum absolute atomic E-state index is 0.0684. The molecular weight excluding hydrogens is 252 g/mol. The number of rotatable bonds is 1.